The number of hydrogen-bond acceptors (Lipinski definition) is 0. The van der Waals surface area contributed by atoms with E-state index in [1.54, 1.807) is 0 Å². The van der Waals surface area contributed by atoms with Gasteiger partial charge in [0.15, 0.2) is 0 Å². The Morgan fingerprint density at radius 1 is 0.850 bits per heavy atom. The lowest BCUT2D eigenvalue weighted by Crippen LogP contribution is -2.01. The maximum atomic E-state index is 6.34. The molecule has 1 nitrogen and oxygen atoms in total. The highest BCUT2D eigenvalue weighted by molar-refractivity contribution is 6.30. The average molecular weight is 282 g/mol. The highest BCUT2D eigenvalue weighted by atomic mass is 35.5. The van der Waals surface area contributed by atoms with E-state index in [9.17, 15) is 0 Å². The van der Waals surface area contributed by atoms with Gasteiger partial charge in [-0.15, -0.1) is 0 Å². The third kappa shape index (κ3) is 2.63. The van der Waals surface area contributed by atoms with Gasteiger partial charge >= 0.3 is 0 Å². The van der Waals surface area contributed by atoms with Crippen molar-refractivity contribution in [3.05, 3.63) is 83.0 Å². The molecule has 0 aliphatic rings. The van der Waals surface area contributed by atoms with Gasteiger partial charge in [-0.05, 0) is 30.2 Å². The van der Waals surface area contributed by atoms with Crippen LogP contribution in [0.3, 0.4) is 0 Å². The van der Waals surface area contributed by atoms with Crippen molar-refractivity contribution in [3.8, 4) is 11.3 Å². The monoisotopic (exact) mass is 281 g/mol. The minimum Gasteiger partial charge on any atom is -0.327 e. The molecular formula is C18H16ClN. The summed E-state index contributed by atoms with van der Waals surface area (Å²) in [5, 5.41) is 0.768. The lowest BCUT2D eigenvalue weighted by Gasteiger charge is -2.11. The molecule has 0 atom stereocenters. The molecule has 100 valence electrons. The van der Waals surface area contributed by atoms with Crippen LogP contribution < -0.4 is 0 Å². The van der Waals surface area contributed by atoms with E-state index >= 15 is 0 Å². The van der Waals surface area contributed by atoms with Crippen LogP contribution in [0.25, 0.3) is 11.3 Å². The van der Waals surface area contributed by atoms with Crippen molar-refractivity contribution in [1.29, 1.82) is 0 Å². The molecule has 0 aliphatic heterocycles. The molecule has 0 saturated carbocycles. The number of aryl methyl sites for hydroxylation is 1. The third-order valence-electron chi connectivity index (χ3n) is 3.46. The first-order chi connectivity index (χ1) is 9.74. The number of nitrogens with zero attached hydrogens (tertiary/aromatic N) is 1. The Hall–Kier alpha value is -1.99. The van der Waals surface area contributed by atoms with Crippen molar-refractivity contribution < 1.29 is 0 Å². The van der Waals surface area contributed by atoms with Crippen LogP contribution >= 0.6 is 11.6 Å². The number of hydrogen-bond donors (Lipinski definition) is 0. The quantitative estimate of drug-likeness (QED) is 0.624. The van der Waals surface area contributed by atoms with Gasteiger partial charge in [0.1, 0.15) is 5.15 Å². The van der Waals surface area contributed by atoms with Crippen LogP contribution in [0.1, 0.15) is 11.1 Å². The van der Waals surface area contributed by atoms with Crippen LogP contribution in [0.4, 0.5) is 0 Å². The first kappa shape index (κ1) is 13.0. The molecule has 3 rings (SSSR count). The summed E-state index contributed by atoms with van der Waals surface area (Å²) < 4.78 is 2.14. The molecule has 0 fully saturated rings. The van der Waals surface area contributed by atoms with E-state index in [2.05, 4.69) is 66.1 Å². The molecule has 2 heteroatoms. The molecular weight excluding hydrogens is 266 g/mol. The maximum Gasteiger partial charge on any atom is 0.109 e. The van der Waals surface area contributed by atoms with E-state index in [0.717, 1.165) is 17.4 Å². The Balaban J connectivity index is 1.99. The molecule has 3 aromatic rings. The summed E-state index contributed by atoms with van der Waals surface area (Å²) in [5.74, 6) is 0. The fourth-order valence-corrected chi connectivity index (χ4v) is 2.56. The normalized spacial score (nSPS) is 10.7. The molecule has 0 spiro atoms. The molecule has 0 amide bonds. The maximum absolute atomic E-state index is 6.34. The van der Waals surface area contributed by atoms with Crippen LogP contribution in [0.15, 0.2) is 66.7 Å². The predicted molar refractivity (Wildman–Crippen MR) is 85.2 cm³/mol. The zero-order valence-electron chi connectivity index (χ0n) is 11.4. The molecule has 0 unspecified atom stereocenters. The second-order valence-electron chi connectivity index (χ2n) is 4.98. The van der Waals surface area contributed by atoms with Crippen LogP contribution in [0.5, 0.6) is 0 Å². The van der Waals surface area contributed by atoms with Gasteiger partial charge in [-0.2, -0.15) is 0 Å². The minimum absolute atomic E-state index is 0.768. The van der Waals surface area contributed by atoms with Crippen molar-refractivity contribution in [2.45, 2.75) is 13.5 Å². The van der Waals surface area contributed by atoms with Gasteiger partial charge in [0.2, 0.25) is 0 Å². The second-order valence-corrected chi connectivity index (χ2v) is 5.37. The lowest BCUT2D eigenvalue weighted by molar-refractivity contribution is 0.815. The van der Waals surface area contributed by atoms with E-state index in [1.165, 1.54) is 16.7 Å². The number of aromatic nitrogens is 1. The largest absolute Gasteiger partial charge is 0.327 e. The average Bonchev–Trinajstić information content (AvgIpc) is 2.83. The second kappa shape index (κ2) is 5.56. The minimum atomic E-state index is 0.768. The third-order valence-corrected chi connectivity index (χ3v) is 3.79. The molecule has 20 heavy (non-hydrogen) atoms. The summed E-state index contributed by atoms with van der Waals surface area (Å²) in [6.07, 6.45) is 0. The van der Waals surface area contributed by atoms with Crippen molar-refractivity contribution in [2.24, 2.45) is 0 Å². The summed E-state index contributed by atoms with van der Waals surface area (Å²) in [4.78, 5) is 0. The standard InChI is InChI=1S/C18H16ClN/c1-14-7-9-16(10-8-14)17-11-12-18(19)20(17)13-15-5-3-2-4-6-15/h2-12H,13H2,1H3. The highest BCUT2D eigenvalue weighted by Gasteiger charge is 2.09. The molecule has 0 aliphatic carbocycles. The SMILES string of the molecule is Cc1ccc(-c2ccc(Cl)n2Cc2ccccc2)cc1. The Labute approximate surface area is 124 Å². The fourth-order valence-electron chi connectivity index (χ4n) is 2.35. The first-order valence-corrected chi connectivity index (χ1v) is 7.08. The molecule has 0 bridgehead atoms. The van der Waals surface area contributed by atoms with Gasteiger partial charge in [-0.1, -0.05) is 71.8 Å². The van der Waals surface area contributed by atoms with Crippen molar-refractivity contribution in [3.63, 3.8) is 0 Å². The van der Waals surface area contributed by atoms with Gasteiger partial charge in [-0.3, -0.25) is 0 Å². The van der Waals surface area contributed by atoms with E-state index in [1.807, 2.05) is 12.1 Å². The van der Waals surface area contributed by atoms with E-state index in [-0.39, 0.29) is 0 Å². The summed E-state index contributed by atoms with van der Waals surface area (Å²) in [7, 11) is 0. The summed E-state index contributed by atoms with van der Waals surface area (Å²) in [6.45, 7) is 2.88. The van der Waals surface area contributed by atoms with E-state index < -0.39 is 0 Å². The van der Waals surface area contributed by atoms with Crippen LogP contribution in [-0.4, -0.2) is 4.57 Å². The Bertz CT molecular complexity index is 696. The number of benzene rings is 2. The Kier molecular flexibility index (Phi) is 3.62. The van der Waals surface area contributed by atoms with Gasteiger partial charge in [-0.25, -0.2) is 0 Å². The molecule has 0 radical (unpaired) electrons. The highest BCUT2D eigenvalue weighted by Crippen LogP contribution is 2.26. The summed E-state index contributed by atoms with van der Waals surface area (Å²) >= 11 is 6.34. The van der Waals surface area contributed by atoms with Gasteiger partial charge in [0.25, 0.3) is 0 Å². The van der Waals surface area contributed by atoms with E-state index in [4.69, 9.17) is 11.6 Å². The van der Waals surface area contributed by atoms with Crippen LogP contribution in [0.2, 0.25) is 5.15 Å². The zero-order chi connectivity index (χ0) is 13.9. The number of rotatable bonds is 3. The molecule has 2 aromatic carbocycles. The van der Waals surface area contributed by atoms with Gasteiger partial charge in [0, 0.05) is 12.2 Å². The smallest absolute Gasteiger partial charge is 0.109 e. The van der Waals surface area contributed by atoms with Gasteiger partial charge in [0.05, 0.1) is 0 Å². The summed E-state index contributed by atoms with van der Waals surface area (Å²) in [6, 6.07) is 23.0. The number of halogens is 1. The topological polar surface area (TPSA) is 4.93 Å². The molecule has 0 saturated heterocycles. The summed E-state index contributed by atoms with van der Waals surface area (Å²) in [5.41, 5.74) is 4.86. The lowest BCUT2D eigenvalue weighted by atomic mass is 10.1. The Morgan fingerprint density at radius 2 is 1.55 bits per heavy atom. The Morgan fingerprint density at radius 3 is 2.25 bits per heavy atom. The van der Waals surface area contributed by atoms with Crippen molar-refractivity contribution >= 4 is 11.6 Å². The molecule has 0 N–H and O–H groups in total. The van der Waals surface area contributed by atoms with Crippen LogP contribution in [-0.2, 0) is 6.54 Å². The molecule has 1 heterocycles. The zero-order valence-corrected chi connectivity index (χ0v) is 12.1. The fraction of sp³-hybridized carbons (Fsp3) is 0.111. The predicted octanol–water partition coefficient (Wildman–Crippen LogP) is 5.17. The van der Waals surface area contributed by atoms with Crippen molar-refractivity contribution in [2.75, 3.05) is 0 Å². The molecule has 1 aromatic heterocycles. The van der Waals surface area contributed by atoms with E-state index in [0.29, 0.717) is 0 Å². The van der Waals surface area contributed by atoms with Crippen LogP contribution in [0, 0.1) is 6.92 Å². The van der Waals surface area contributed by atoms with Gasteiger partial charge < -0.3 is 4.57 Å². The van der Waals surface area contributed by atoms with Crippen molar-refractivity contribution in [1.82, 2.24) is 4.57 Å². The first-order valence-electron chi connectivity index (χ1n) is 6.70.